The smallest absolute Gasteiger partial charge is 0.126 e. The monoisotopic (exact) mass is 284 g/mol. The van der Waals surface area contributed by atoms with Crippen LogP contribution in [0, 0.1) is 17.6 Å². The molecule has 1 heterocycles. The summed E-state index contributed by atoms with van der Waals surface area (Å²) in [6.45, 7) is 3.69. The van der Waals surface area contributed by atoms with Crippen molar-refractivity contribution in [3.8, 4) is 0 Å². The van der Waals surface area contributed by atoms with E-state index in [1.807, 2.05) is 0 Å². The second kappa shape index (κ2) is 7.11. The number of likely N-dealkylation sites (tertiary alicyclic amines) is 1. The number of methoxy groups -OCH3 is 1. The molecule has 1 aromatic carbocycles. The van der Waals surface area contributed by atoms with Crippen molar-refractivity contribution in [2.75, 3.05) is 33.4 Å². The molecule has 1 aliphatic heterocycles. The summed E-state index contributed by atoms with van der Waals surface area (Å²) < 4.78 is 31.5. The highest BCUT2D eigenvalue weighted by Crippen LogP contribution is 2.21. The molecule has 0 radical (unpaired) electrons. The molecule has 0 saturated carbocycles. The van der Waals surface area contributed by atoms with Crippen LogP contribution in [0.25, 0.3) is 0 Å². The summed E-state index contributed by atoms with van der Waals surface area (Å²) in [5.41, 5.74) is 6.54. The number of benzene rings is 1. The van der Waals surface area contributed by atoms with Crippen molar-refractivity contribution in [3.63, 3.8) is 0 Å². The quantitative estimate of drug-likeness (QED) is 0.871. The Balaban J connectivity index is 1.82. The zero-order chi connectivity index (χ0) is 14.5. The predicted molar refractivity (Wildman–Crippen MR) is 74.3 cm³/mol. The molecule has 1 aliphatic rings. The van der Waals surface area contributed by atoms with Crippen LogP contribution in [0.4, 0.5) is 8.78 Å². The van der Waals surface area contributed by atoms with Crippen LogP contribution in [0.5, 0.6) is 0 Å². The lowest BCUT2D eigenvalue weighted by atomic mass is 10.0. The normalized spacial score (nSPS) is 21.3. The molecule has 2 rings (SSSR count). The molecule has 112 valence electrons. The van der Waals surface area contributed by atoms with E-state index in [4.69, 9.17) is 10.5 Å². The van der Waals surface area contributed by atoms with Crippen molar-refractivity contribution in [3.05, 3.63) is 35.4 Å². The summed E-state index contributed by atoms with van der Waals surface area (Å²) in [6, 6.07) is 3.16. The molecule has 0 aromatic heterocycles. The van der Waals surface area contributed by atoms with Crippen molar-refractivity contribution < 1.29 is 13.5 Å². The van der Waals surface area contributed by atoms with Gasteiger partial charge < -0.3 is 15.4 Å². The number of ether oxygens (including phenoxy) is 1. The fourth-order valence-electron chi connectivity index (χ4n) is 2.77. The maximum Gasteiger partial charge on any atom is 0.126 e. The third kappa shape index (κ3) is 4.23. The average Bonchev–Trinajstić information content (AvgIpc) is 2.83. The van der Waals surface area contributed by atoms with E-state index in [-0.39, 0.29) is 6.04 Å². The maximum atomic E-state index is 13.1. The second-order valence-corrected chi connectivity index (χ2v) is 5.51. The molecule has 0 aliphatic carbocycles. The molecule has 2 atom stereocenters. The minimum absolute atomic E-state index is 0.332. The first-order valence-corrected chi connectivity index (χ1v) is 7.01. The van der Waals surface area contributed by atoms with Crippen molar-refractivity contribution in [1.82, 2.24) is 4.90 Å². The van der Waals surface area contributed by atoms with Gasteiger partial charge in [-0.25, -0.2) is 8.78 Å². The molecule has 2 unspecified atom stereocenters. The molecule has 1 saturated heterocycles. The topological polar surface area (TPSA) is 38.5 Å². The highest BCUT2D eigenvalue weighted by Gasteiger charge is 2.22. The van der Waals surface area contributed by atoms with Gasteiger partial charge in [-0.1, -0.05) is 0 Å². The van der Waals surface area contributed by atoms with Gasteiger partial charge >= 0.3 is 0 Å². The lowest BCUT2D eigenvalue weighted by Gasteiger charge is -2.19. The molecule has 1 aromatic rings. The first kappa shape index (κ1) is 15.4. The van der Waals surface area contributed by atoms with Crippen LogP contribution in [-0.4, -0.2) is 38.3 Å². The highest BCUT2D eigenvalue weighted by atomic mass is 19.1. The lowest BCUT2D eigenvalue weighted by molar-refractivity contribution is 0.153. The largest absolute Gasteiger partial charge is 0.384 e. The number of hydrogen-bond donors (Lipinski definition) is 1. The average molecular weight is 284 g/mol. The summed E-state index contributed by atoms with van der Waals surface area (Å²) >= 11 is 0. The van der Waals surface area contributed by atoms with E-state index in [0.717, 1.165) is 38.7 Å². The fraction of sp³-hybridized carbons (Fsp3) is 0.600. The second-order valence-electron chi connectivity index (χ2n) is 5.51. The number of rotatable bonds is 6. The van der Waals surface area contributed by atoms with Gasteiger partial charge in [0.05, 0.1) is 6.61 Å². The Labute approximate surface area is 118 Å². The van der Waals surface area contributed by atoms with E-state index in [2.05, 4.69) is 4.90 Å². The van der Waals surface area contributed by atoms with Crippen molar-refractivity contribution in [2.24, 2.45) is 11.7 Å². The summed E-state index contributed by atoms with van der Waals surface area (Å²) in [5, 5.41) is 0. The van der Waals surface area contributed by atoms with Gasteiger partial charge in [0.15, 0.2) is 0 Å². The summed E-state index contributed by atoms with van der Waals surface area (Å²) in [6.07, 6.45) is 1.83. The summed E-state index contributed by atoms with van der Waals surface area (Å²) in [5.74, 6) is -0.559. The molecule has 20 heavy (non-hydrogen) atoms. The standard InChI is InChI=1S/C15H22F2N2O/c1-20-10-11-2-4-19(9-11)5-3-15(18)12-6-13(16)8-14(17)7-12/h6-8,11,15H,2-5,9-10,18H2,1H3. The number of hydrogen-bond acceptors (Lipinski definition) is 3. The number of halogens is 2. The van der Waals surface area contributed by atoms with Crippen LogP contribution in [0.15, 0.2) is 18.2 Å². The van der Waals surface area contributed by atoms with Gasteiger partial charge in [0, 0.05) is 25.8 Å². The lowest BCUT2D eigenvalue weighted by Crippen LogP contribution is -2.26. The molecular weight excluding hydrogens is 262 g/mol. The maximum absolute atomic E-state index is 13.1. The van der Waals surface area contributed by atoms with E-state index in [0.29, 0.717) is 17.9 Å². The van der Waals surface area contributed by atoms with E-state index in [9.17, 15) is 8.78 Å². The first-order valence-electron chi connectivity index (χ1n) is 7.01. The first-order chi connectivity index (χ1) is 9.58. The molecular formula is C15H22F2N2O. The third-order valence-corrected chi connectivity index (χ3v) is 3.84. The minimum Gasteiger partial charge on any atom is -0.384 e. The van der Waals surface area contributed by atoms with Gasteiger partial charge in [0.25, 0.3) is 0 Å². The van der Waals surface area contributed by atoms with Crippen LogP contribution >= 0.6 is 0 Å². The van der Waals surface area contributed by atoms with Crippen LogP contribution in [0.1, 0.15) is 24.4 Å². The Morgan fingerprint density at radius 3 is 2.70 bits per heavy atom. The van der Waals surface area contributed by atoms with E-state index >= 15 is 0 Å². The number of nitrogens with two attached hydrogens (primary N) is 1. The zero-order valence-corrected chi connectivity index (χ0v) is 11.8. The van der Waals surface area contributed by atoms with Gasteiger partial charge in [-0.05, 0) is 49.5 Å². The van der Waals surface area contributed by atoms with Crippen LogP contribution in [0.2, 0.25) is 0 Å². The Kier molecular flexibility index (Phi) is 5.46. The van der Waals surface area contributed by atoms with E-state index < -0.39 is 11.6 Å². The Morgan fingerprint density at radius 1 is 1.35 bits per heavy atom. The van der Waals surface area contributed by atoms with E-state index in [1.54, 1.807) is 7.11 Å². The van der Waals surface area contributed by atoms with Gasteiger partial charge in [-0.3, -0.25) is 0 Å². The molecule has 3 nitrogen and oxygen atoms in total. The molecule has 0 bridgehead atoms. The molecule has 0 spiro atoms. The fourth-order valence-corrected chi connectivity index (χ4v) is 2.77. The summed E-state index contributed by atoms with van der Waals surface area (Å²) in [4.78, 5) is 2.33. The Bertz CT molecular complexity index is 422. The van der Waals surface area contributed by atoms with Crippen molar-refractivity contribution >= 4 is 0 Å². The zero-order valence-electron chi connectivity index (χ0n) is 11.8. The Morgan fingerprint density at radius 2 is 2.05 bits per heavy atom. The van der Waals surface area contributed by atoms with Crippen LogP contribution < -0.4 is 5.73 Å². The van der Waals surface area contributed by atoms with Crippen molar-refractivity contribution in [2.45, 2.75) is 18.9 Å². The predicted octanol–water partition coefficient (Wildman–Crippen LogP) is 2.32. The van der Waals surface area contributed by atoms with Crippen LogP contribution in [0.3, 0.4) is 0 Å². The summed E-state index contributed by atoms with van der Waals surface area (Å²) in [7, 11) is 1.72. The Hall–Kier alpha value is -1.04. The van der Waals surface area contributed by atoms with E-state index in [1.165, 1.54) is 12.1 Å². The minimum atomic E-state index is -0.572. The van der Waals surface area contributed by atoms with Gasteiger partial charge in [0.1, 0.15) is 11.6 Å². The van der Waals surface area contributed by atoms with Crippen LogP contribution in [-0.2, 0) is 4.74 Å². The SMILES string of the molecule is COCC1CCN(CCC(N)c2cc(F)cc(F)c2)C1. The molecule has 2 N–H and O–H groups in total. The highest BCUT2D eigenvalue weighted by molar-refractivity contribution is 5.21. The van der Waals surface area contributed by atoms with Crippen molar-refractivity contribution in [1.29, 1.82) is 0 Å². The van der Waals surface area contributed by atoms with Gasteiger partial charge in [-0.2, -0.15) is 0 Å². The van der Waals surface area contributed by atoms with Gasteiger partial charge in [-0.15, -0.1) is 0 Å². The third-order valence-electron chi connectivity index (χ3n) is 3.84. The molecule has 5 heteroatoms. The molecule has 1 fully saturated rings. The van der Waals surface area contributed by atoms with Gasteiger partial charge in [0.2, 0.25) is 0 Å². The number of nitrogens with zero attached hydrogens (tertiary/aromatic N) is 1. The molecule has 0 amide bonds.